The van der Waals surface area contributed by atoms with E-state index in [0.717, 1.165) is 42.8 Å². The zero-order chi connectivity index (χ0) is 15.0. The van der Waals surface area contributed by atoms with Crippen molar-refractivity contribution < 1.29 is 4.74 Å². The molecule has 0 saturated carbocycles. The van der Waals surface area contributed by atoms with Gasteiger partial charge in [0.2, 0.25) is 0 Å². The van der Waals surface area contributed by atoms with Gasteiger partial charge in [-0.15, -0.1) is 0 Å². The van der Waals surface area contributed by atoms with Gasteiger partial charge in [-0.3, -0.25) is 4.98 Å². The van der Waals surface area contributed by atoms with Crippen molar-refractivity contribution in [2.45, 2.75) is 58.1 Å². The number of rotatable bonds is 9. The van der Waals surface area contributed by atoms with E-state index in [2.05, 4.69) is 31.1 Å². The van der Waals surface area contributed by atoms with Gasteiger partial charge in [-0.25, -0.2) is 0 Å². The molecule has 0 fully saturated rings. The Kier molecular flexibility index (Phi) is 7.49. The van der Waals surface area contributed by atoms with Crippen molar-refractivity contribution in [2.75, 3.05) is 13.7 Å². The van der Waals surface area contributed by atoms with Gasteiger partial charge in [0, 0.05) is 25.5 Å². The van der Waals surface area contributed by atoms with Crippen LogP contribution in [0.5, 0.6) is 0 Å². The number of pyridine rings is 1. The Morgan fingerprint density at radius 2 is 2.05 bits per heavy atom. The van der Waals surface area contributed by atoms with E-state index in [1.54, 1.807) is 12.4 Å². The number of aromatic nitrogens is 1. The van der Waals surface area contributed by atoms with Gasteiger partial charge in [-0.1, -0.05) is 32.4 Å². The van der Waals surface area contributed by atoms with Crippen LogP contribution >= 0.6 is 11.6 Å². The quantitative estimate of drug-likeness (QED) is 0.752. The van der Waals surface area contributed by atoms with E-state index < -0.39 is 0 Å². The van der Waals surface area contributed by atoms with Crippen LogP contribution in [0.25, 0.3) is 0 Å². The first-order chi connectivity index (χ1) is 9.63. The highest BCUT2D eigenvalue weighted by molar-refractivity contribution is 6.31. The summed E-state index contributed by atoms with van der Waals surface area (Å²) in [7, 11) is 1.81. The molecule has 0 amide bonds. The lowest BCUT2D eigenvalue weighted by atomic mass is 9.84. The summed E-state index contributed by atoms with van der Waals surface area (Å²) in [5.41, 5.74) is 0.973. The molecule has 0 aliphatic rings. The molecule has 114 valence electrons. The predicted molar refractivity (Wildman–Crippen MR) is 85.4 cm³/mol. The monoisotopic (exact) mass is 298 g/mol. The molecular formula is C16H27ClN2O. The lowest BCUT2D eigenvalue weighted by Gasteiger charge is -2.39. The highest BCUT2D eigenvalue weighted by atomic mass is 35.5. The molecule has 1 N–H and O–H groups in total. The molecule has 20 heavy (non-hydrogen) atoms. The van der Waals surface area contributed by atoms with Gasteiger partial charge in [-0.2, -0.15) is 0 Å². The molecule has 4 heteroatoms. The molecule has 0 aromatic carbocycles. The molecule has 0 spiro atoms. The fourth-order valence-corrected chi connectivity index (χ4v) is 2.92. The second-order valence-corrected chi connectivity index (χ2v) is 5.56. The summed E-state index contributed by atoms with van der Waals surface area (Å²) in [6.07, 6.45) is 7.42. The number of nitrogens with one attached hydrogen (secondary N) is 1. The summed E-state index contributed by atoms with van der Waals surface area (Å²) in [5.74, 6) is 0. The second-order valence-electron chi connectivity index (χ2n) is 5.15. The number of nitrogens with zero attached hydrogens (tertiary/aromatic N) is 1. The summed E-state index contributed by atoms with van der Waals surface area (Å²) < 4.78 is 5.89. The Labute approximate surface area is 128 Å². The zero-order valence-corrected chi connectivity index (χ0v) is 13.8. The molecular weight excluding hydrogens is 272 g/mol. The third-order valence-electron chi connectivity index (χ3n) is 4.16. The number of hydrogen-bond acceptors (Lipinski definition) is 3. The lowest BCUT2D eigenvalue weighted by Crippen LogP contribution is -2.53. The molecule has 1 aromatic rings. The first-order valence-corrected chi connectivity index (χ1v) is 7.88. The number of hydrogen-bond donors (Lipinski definition) is 1. The summed E-state index contributed by atoms with van der Waals surface area (Å²) in [5, 5.41) is 4.36. The molecule has 0 aliphatic carbocycles. The molecule has 0 radical (unpaired) electrons. The third kappa shape index (κ3) is 4.18. The Hall–Kier alpha value is -0.640. The normalized spacial score (nSPS) is 13.4. The van der Waals surface area contributed by atoms with E-state index in [9.17, 15) is 0 Å². The Bertz CT molecular complexity index is 386. The summed E-state index contributed by atoms with van der Waals surface area (Å²) in [4.78, 5) is 4.05. The molecule has 1 aromatic heterocycles. The first kappa shape index (κ1) is 17.4. The third-order valence-corrected chi connectivity index (χ3v) is 4.50. The van der Waals surface area contributed by atoms with Gasteiger partial charge < -0.3 is 10.1 Å². The van der Waals surface area contributed by atoms with Crippen LogP contribution in [0, 0.1) is 0 Å². The summed E-state index contributed by atoms with van der Waals surface area (Å²) >= 11 is 6.25. The fraction of sp³-hybridized carbons (Fsp3) is 0.688. The van der Waals surface area contributed by atoms with Crippen molar-refractivity contribution in [2.24, 2.45) is 0 Å². The summed E-state index contributed by atoms with van der Waals surface area (Å²) in [6.45, 7) is 7.53. The number of halogens is 1. The fourth-order valence-electron chi connectivity index (χ4n) is 2.73. The Balaban J connectivity index is 2.96. The molecule has 1 rings (SSSR count). The maximum Gasteiger partial charge on any atom is 0.0828 e. The van der Waals surface area contributed by atoms with Gasteiger partial charge in [0.25, 0.3) is 0 Å². The van der Waals surface area contributed by atoms with Crippen LogP contribution in [0.4, 0.5) is 0 Å². The van der Waals surface area contributed by atoms with Gasteiger partial charge in [0.15, 0.2) is 0 Å². The number of ether oxygens (including phenoxy) is 1. The van der Waals surface area contributed by atoms with E-state index in [4.69, 9.17) is 16.3 Å². The van der Waals surface area contributed by atoms with Crippen LogP contribution in [-0.2, 0) is 11.2 Å². The van der Waals surface area contributed by atoms with Gasteiger partial charge in [-0.05, 0) is 43.9 Å². The van der Waals surface area contributed by atoms with Crippen LogP contribution in [0.1, 0.15) is 45.6 Å². The second kappa shape index (κ2) is 8.60. The molecule has 1 heterocycles. The van der Waals surface area contributed by atoms with Crippen molar-refractivity contribution in [1.29, 1.82) is 0 Å². The van der Waals surface area contributed by atoms with Crippen LogP contribution in [0.2, 0.25) is 5.02 Å². The van der Waals surface area contributed by atoms with Crippen molar-refractivity contribution in [3.05, 3.63) is 29.0 Å². The van der Waals surface area contributed by atoms with E-state index in [0.29, 0.717) is 0 Å². The zero-order valence-electron chi connectivity index (χ0n) is 13.1. The van der Waals surface area contributed by atoms with E-state index >= 15 is 0 Å². The Morgan fingerprint density at radius 3 is 2.55 bits per heavy atom. The van der Waals surface area contributed by atoms with Gasteiger partial charge in [0.1, 0.15) is 0 Å². The molecule has 0 bridgehead atoms. The average molecular weight is 299 g/mol. The SMILES string of the molecule is CCCNC(Cc1ccncc1Cl)C(CC)(CC)OC. The van der Waals surface area contributed by atoms with E-state index in [1.165, 1.54) is 0 Å². The smallest absolute Gasteiger partial charge is 0.0828 e. The molecule has 3 nitrogen and oxygen atoms in total. The van der Waals surface area contributed by atoms with Crippen molar-refractivity contribution in [3.63, 3.8) is 0 Å². The van der Waals surface area contributed by atoms with Crippen molar-refractivity contribution >= 4 is 11.6 Å². The number of methoxy groups -OCH3 is 1. The van der Waals surface area contributed by atoms with Crippen LogP contribution in [0.3, 0.4) is 0 Å². The lowest BCUT2D eigenvalue weighted by molar-refractivity contribution is -0.0471. The predicted octanol–water partition coefficient (Wildman–Crippen LogP) is 3.85. The standard InChI is InChI=1S/C16H27ClN2O/c1-5-9-19-15(16(6-2,7-3)20-4)11-13-8-10-18-12-14(13)17/h8,10,12,15,19H,5-7,9,11H2,1-4H3. The van der Waals surface area contributed by atoms with Crippen LogP contribution in [-0.4, -0.2) is 30.3 Å². The molecule has 1 unspecified atom stereocenters. The van der Waals surface area contributed by atoms with Crippen molar-refractivity contribution in [1.82, 2.24) is 10.3 Å². The summed E-state index contributed by atoms with van der Waals surface area (Å²) in [6, 6.07) is 2.25. The maximum absolute atomic E-state index is 6.25. The molecule has 0 saturated heterocycles. The minimum Gasteiger partial charge on any atom is -0.377 e. The topological polar surface area (TPSA) is 34.2 Å². The van der Waals surface area contributed by atoms with E-state index in [1.807, 2.05) is 13.2 Å². The van der Waals surface area contributed by atoms with Crippen LogP contribution in [0.15, 0.2) is 18.5 Å². The maximum atomic E-state index is 6.25. The average Bonchev–Trinajstić information content (AvgIpc) is 2.48. The van der Waals surface area contributed by atoms with Gasteiger partial charge >= 0.3 is 0 Å². The minimum atomic E-state index is -0.151. The first-order valence-electron chi connectivity index (χ1n) is 7.50. The van der Waals surface area contributed by atoms with Crippen molar-refractivity contribution in [3.8, 4) is 0 Å². The molecule has 0 aliphatic heterocycles. The van der Waals surface area contributed by atoms with E-state index in [-0.39, 0.29) is 11.6 Å². The Morgan fingerprint density at radius 1 is 1.35 bits per heavy atom. The minimum absolute atomic E-state index is 0.151. The molecule has 1 atom stereocenters. The highest BCUT2D eigenvalue weighted by Crippen LogP contribution is 2.28. The van der Waals surface area contributed by atoms with Crippen LogP contribution < -0.4 is 5.32 Å². The van der Waals surface area contributed by atoms with Gasteiger partial charge in [0.05, 0.1) is 10.6 Å². The largest absolute Gasteiger partial charge is 0.377 e. The highest BCUT2D eigenvalue weighted by Gasteiger charge is 2.35.